The van der Waals surface area contributed by atoms with E-state index in [4.69, 9.17) is 15.1 Å². The highest BCUT2D eigenvalue weighted by atomic mass is 32.1. The predicted octanol–water partition coefficient (Wildman–Crippen LogP) is 3.96. The number of anilines is 1. The van der Waals surface area contributed by atoms with Gasteiger partial charge in [-0.2, -0.15) is 5.10 Å². The Morgan fingerprint density at radius 1 is 1.22 bits per heavy atom. The second-order valence-electron chi connectivity index (χ2n) is 5.86. The lowest BCUT2D eigenvalue weighted by molar-refractivity contribution is 0.580. The van der Waals surface area contributed by atoms with E-state index in [0.29, 0.717) is 5.69 Å². The van der Waals surface area contributed by atoms with Gasteiger partial charge in [-0.3, -0.25) is 0 Å². The molecular weight excluding hydrogens is 308 g/mol. The fourth-order valence-electron chi connectivity index (χ4n) is 3.46. The van der Waals surface area contributed by atoms with Crippen molar-refractivity contribution in [2.24, 2.45) is 0 Å². The number of thiophene rings is 1. The Kier molecular flexibility index (Phi) is 2.69. The van der Waals surface area contributed by atoms with Gasteiger partial charge in [0.25, 0.3) is 0 Å². The fraction of sp³-hybridized carbons (Fsp3) is 0.235. The molecule has 5 rings (SSSR count). The summed E-state index contributed by atoms with van der Waals surface area (Å²) in [6.45, 7) is 0. The number of hydrogen-bond acceptors (Lipinski definition) is 6. The van der Waals surface area contributed by atoms with Gasteiger partial charge in [0.15, 0.2) is 0 Å². The lowest BCUT2D eigenvalue weighted by Gasteiger charge is -2.18. The number of furan rings is 1. The Morgan fingerprint density at radius 3 is 3.00 bits per heavy atom. The van der Waals surface area contributed by atoms with Crippen molar-refractivity contribution in [1.29, 1.82) is 0 Å². The number of nitrogens with zero attached hydrogens (tertiary/aromatic N) is 3. The molecule has 0 saturated heterocycles. The van der Waals surface area contributed by atoms with Gasteiger partial charge in [0.05, 0.1) is 28.2 Å². The van der Waals surface area contributed by atoms with E-state index >= 15 is 0 Å². The highest BCUT2D eigenvalue weighted by Crippen LogP contribution is 2.43. The first-order valence-corrected chi connectivity index (χ1v) is 8.53. The van der Waals surface area contributed by atoms with E-state index in [1.165, 1.54) is 24.1 Å². The number of aryl methyl sites for hydroxylation is 1. The molecular formula is C17H14N4OS. The quantitative estimate of drug-likeness (QED) is 0.574. The van der Waals surface area contributed by atoms with Crippen molar-refractivity contribution in [3.05, 3.63) is 35.9 Å². The average Bonchev–Trinajstić information content (AvgIpc) is 3.21. The van der Waals surface area contributed by atoms with E-state index in [1.54, 1.807) is 23.8 Å². The van der Waals surface area contributed by atoms with Crippen LogP contribution in [0.5, 0.6) is 0 Å². The molecule has 6 heteroatoms. The molecule has 0 aliphatic heterocycles. The van der Waals surface area contributed by atoms with Gasteiger partial charge in [0.2, 0.25) is 0 Å². The summed E-state index contributed by atoms with van der Waals surface area (Å²) < 4.78 is 6.70. The highest BCUT2D eigenvalue weighted by Gasteiger charge is 2.24. The first kappa shape index (κ1) is 13.0. The van der Waals surface area contributed by atoms with Crippen molar-refractivity contribution in [2.45, 2.75) is 25.7 Å². The van der Waals surface area contributed by atoms with Gasteiger partial charge in [0.1, 0.15) is 16.1 Å². The van der Waals surface area contributed by atoms with Gasteiger partial charge in [-0.25, -0.2) is 4.98 Å². The summed E-state index contributed by atoms with van der Waals surface area (Å²) in [5.41, 5.74) is 11.2. The molecule has 0 unspecified atom stereocenters. The molecule has 2 N–H and O–H groups in total. The molecule has 4 heterocycles. The van der Waals surface area contributed by atoms with Gasteiger partial charge >= 0.3 is 0 Å². The molecule has 114 valence electrons. The summed E-state index contributed by atoms with van der Waals surface area (Å²) in [6, 6.07) is 3.93. The van der Waals surface area contributed by atoms with Crippen LogP contribution in [-0.2, 0) is 12.8 Å². The highest BCUT2D eigenvalue weighted by molar-refractivity contribution is 7.26. The Balaban J connectivity index is 2.01. The molecule has 0 aromatic carbocycles. The fourth-order valence-corrected chi connectivity index (χ4v) is 4.52. The molecule has 5 nitrogen and oxygen atoms in total. The molecule has 0 fully saturated rings. The van der Waals surface area contributed by atoms with E-state index in [9.17, 15) is 0 Å². The number of hydrogen-bond donors (Lipinski definition) is 1. The maximum atomic E-state index is 6.10. The van der Waals surface area contributed by atoms with Crippen LogP contribution in [0.4, 0.5) is 5.69 Å². The minimum Gasteiger partial charge on any atom is -0.464 e. The third-order valence-corrected chi connectivity index (χ3v) is 5.60. The second kappa shape index (κ2) is 4.76. The third kappa shape index (κ3) is 1.81. The monoisotopic (exact) mass is 322 g/mol. The maximum Gasteiger partial charge on any atom is 0.134 e. The maximum absolute atomic E-state index is 6.10. The zero-order valence-electron chi connectivity index (χ0n) is 12.4. The molecule has 0 saturated carbocycles. The zero-order chi connectivity index (χ0) is 15.4. The van der Waals surface area contributed by atoms with E-state index in [2.05, 4.69) is 10.2 Å². The minimum atomic E-state index is 0.654. The Bertz CT molecular complexity index is 1040. The molecule has 4 aromatic rings. The summed E-state index contributed by atoms with van der Waals surface area (Å²) in [5, 5.41) is 9.42. The normalized spacial score (nSPS) is 14.4. The minimum absolute atomic E-state index is 0.654. The smallest absolute Gasteiger partial charge is 0.134 e. The first-order chi connectivity index (χ1) is 11.3. The number of aromatic nitrogens is 3. The van der Waals surface area contributed by atoms with Crippen LogP contribution in [0.2, 0.25) is 0 Å². The molecule has 0 amide bonds. The standard InChI is InChI=1S/C17H14N4OS/c18-10-8-19-21-15-14-13(12-6-3-7-22-12)9-4-1-2-5-11(9)20-17(14)23-16(10)15/h3,6-8H,1-2,4-5H2,(H2,18,21). The van der Waals surface area contributed by atoms with Crippen molar-refractivity contribution in [3.8, 4) is 11.3 Å². The van der Waals surface area contributed by atoms with Crippen molar-refractivity contribution < 1.29 is 4.42 Å². The Hall–Kier alpha value is -2.47. The number of nitrogen functional groups attached to an aromatic ring is 1. The van der Waals surface area contributed by atoms with Gasteiger partial charge in [0, 0.05) is 11.3 Å². The van der Waals surface area contributed by atoms with Gasteiger partial charge in [-0.15, -0.1) is 16.4 Å². The largest absolute Gasteiger partial charge is 0.464 e. The lowest BCUT2D eigenvalue weighted by atomic mass is 9.90. The number of fused-ring (bicyclic) bond motifs is 4. The number of pyridine rings is 1. The van der Waals surface area contributed by atoms with Crippen LogP contribution in [0.3, 0.4) is 0 Å². The van der Waals surface area contributed by atoms with Crippen LogP contribution in [0.1, 0.15) is 24.1 Å². The summed E-state index contributed by atoms with van der Waals surface area (Å²) >= 11 is 1.59. The van der Waals surface area contributed by atoms with Gasteiger partial charge in [-0.05, 0) is 43.4 Å². The molecule has 1 aliphatic carbocycles. The topological polar surface area (TPSA) is 77.8 Å². The molecule has 0 spiro atoms. The average molecular weight is 322 g/mol. The van der Waals surface area contributed by atoms with Crippen LogP contribution < -0.4 is 5.73 Å². The third-order valence-electron chi connectivity index (χ3n) is 4.48. The SMILES string of the molecule is Nc1cnnc2c1sc1nc3c(c(-c4ccco4)c12)CCCC3. The second-order valence-corrected chi connectivity index (χ2v) is 6.86. The van der Waals surface area contributed by atoms with E-state index in [1.807, 2.05) is 12.1 Å². The van der Waals surface area contributed by atoms with Crippen molar-refractivity contribution >= 4 is 37.5 Å². The predicted molar refractivity (Wildman–Crippen MR) is 91.5 cm³/mol. The molecule has 23 heavy (non-hydrogen) atoms. The van der Waals surface area contributed by atoms with Crippen LogP contribution in [0.25, 0.3) is 31.8 Å². The van der Waals surface area contributed by atoms with Crippen LogP contribution >= 0.6 is 11.3 Å². The molecule has 0 bridgehead atoms. The van der Waals surface area contributed by atoms with Crippen molar-refractivity contribution in [2.75, 3.05) is 5.73 Å². The van der Waals surface area contributed by atoms with E-state index < -0.39 is 0 Å². The van der Waals surface area contributed by atoms with Gasteiger partial charge < -0.3 is 10.2 Å². The van der Waals surface area contributed by atoms with Crippen LogP contribution in [-0.4, -0.2) is 15.2 Å². The van der Waals surface area contributed by atoms with Crippen LogP contribution in [0.15, 0.2) is 29.0 Å². The molecule has 0 atom stereocenters. The lowest BCUT2D eigenvalue weighted by Crippen LogP contribution is -2.07. The zero-order valence-corrected chi connectivity index (χ0v) is 13.2. The summed E-state index contributed by atoms with van der Waals surface area (Å²) in [6.07, 6.45) is 7.74. The molecule has 1 aliphatic rings. The summed E-state index contributed by atoms with van der Waals surface area (Å²) in [7, 11) is 0. The van der Waals surface area contributed by atoms with Crippen molar-refractivity contribution in [3.63, 3.8) is 0 Å². The van der Waals surface area contributed by atoms with E-state index in [0.717, 1.165) is 44.6 Å². The summed E-state index contributed by atoms with van der Waals surface area (Å²) in [5.74, 6) is 0.875. The van der Waals surface area contributed by atoms with E-state index in [-0.39, 0.29) is 0 Å². The Morgan fingerprint density at radius 2 is 2.13 bits per heavy atom. The number of rotatable bonds is 1. The number of nitrogens with two attached hydrogens (primary N) is 1. The van der Waals surface area contributed by atoms with Crippen molar-refractivity contribution in [1.82, 2.24) is 15.2 Å². The van der Waals surface area contributed by atoms with Crippen LogP contribution in [0, 0.1) is 0 Å². The summed E-state index contributed by atoms with van der Waals surface area (Å²) in [4.78, 5) is 5.89. The molecule has 4 aromatic heterocycles. The first-order valence-electron chi connectivity index (χ1n) is 7.72. The van der Waals surface area contributed by atoms with Gasteiger partial charge in [-0.1, -0.05) is 0 Å². The molecule has 0 radical (unpaired) electrons. The Labute approximate surface area is 136 Å².